The molecule has 0 heterocycles. The van der Waals surface area contributed by atoms with Crippen LogP contribution in [0.2, 0.25) is 0 Å². The SMILES string of the molecule is COc1ccc(S(=O)(=O)N(CC(=O)NC(C)CC(C)(C)c2ccccc2)c2ccccc2F)cc1OC. The van der Waals surface area contributed by atoms with Gasteiger partial charge < -0.3 is 14.8 Å². The number of anilines is 1. The van der Waals surface area contributed by atoms with E-state index >= 15 is 0 Å². The first-order valence-electron chi connectivity index (χ1n) is 11.8. The monoisotopic (exact) mass is 528 g/mol. The summed E-state index contributed by atoms with van der Waals surface area (Å²) in [5.41, 5.74) is 0.662. The Morgan fingerprint density at radius 2 is 1.59 bits per heavy atom. The van der Waals surface area contributed by atoms with Crippen LogP contribution in [0.15, 0.2) is 77.7 Å². The van der Waals surface area contributed by atoms with Crippen molar-refractivity contribution in [3.63, 3.8) is 0 Å². The summed E-state index contributed by atoms with van der Waals surface area (Å²) < 4.78 is 53.3. The van der Waals surface area contributed by atoms with Crippen molar-refractivity contribution in [3.8, 4) is 11.5 Å². The molecule has 3 aromatic carbocycles. The summed E-state index contributed by atoms with van der Waals surface area (Å²) in [7, 11) is -1.53. The summed E-state index contributed by atoms with van der Waals surface area (Å²) in [4.78, 5) is 12.9. The zero-order valence-electron chi connectivity index (χ0n) is 21.7. The van der Waals surface area contributed by atoms with Gasteiger partial charge in [-0.1, -0.05) is 56.3 Å². The van der Waals surface area contributed by atoms with E-state index in [0.717, 1.165) is 15.9 Å². The third kappa shape index (κ3) is 6.60. The van der Waals surface area contributed by atoms with Crippen LogP contribution < -0.4 is 19.1 Å². The van der Waals surface area contributed by atoms with E-state index in [1.807, 2.05) is 37.3 Å². The zero-order valence-corrected chi connectivity index (χ0v) is 22.5. The topological polar surface area (TPSA) is 84.9 Å². The highest BCUT2D eigenvalue weighted by molar-refractivity contribution is 7.92. The Morgan fingerprint density at radius 3 is 2.22 bits per heavy atom. The Bertz CT molecular complexity index is 1330. The molecule has 0 aromatic heterocycles. The third-order valence-electron chi connectivity index (χ3n) is 6.13. The second-order valence-electron chi connectivity index (χ2n) is 9.40. The number of nitrogens with zero attached hydrogens (tertiary/aromatic N) is 1. The molecule has 0 saturated heterocycles. The number of sulfonamides is 1. The summed E-state index contributed by atoms with van der Waals surface area (Å²) in [5, 5.41) is 2.88. The second-order valence-corrected chi connectivity index (χ2v) is 11.3. The first kappa shape index (κ1) is 28.0. The average Bonchev–Trinajstić information content (AvgIpc) is 2.87. The molecular weight excluding hydrogens is 495 g/mol. The van der Waals surface area contributed by atoms with Gasteiger partial charge in [-0.05, 0) is 48.6 Å². The van der Waals surface area contributed by atoms with Crippen molar-refractivity contribution in [1.82, 2.24) is 5.32 Å². The lowest BCUT2D eigenvalue weighted by Crippen LogP contribution is -2.45. The van der Waals surface area contributed by atoms with Crippen LogP contribution in [0.1, 0.15) is 32.8 Å². The maximum Gasteiger partial charge on any atom is 0.265 e. The predicted molar refractivity (Wildman–Crippen MR) is 142 cm³/mol. The fourth-order valence-corrected chi connectivity index (χ4v) is 5.78. The van der Waals surface area contributed by atoms with Crippen LogP contribution in [-0.2, 0) is 20.2 Å². The number of para-hydroxylation sites is 1. The second kappa shape index (κ2) is 11.6. The molecule has 0 spiro atoms. The van der Waals surface area contributed by atoms with Gasteiger partial charge in [-0.3, -0.25) is 9.10 Å². The molecule has 37 heavy (non-hydrogen) atoms. The minimum atomic E-state index is -4.35. The molecular formula is C28H33FN2O5S. The van der Waals surface area contributed by atoms with Crippen LogP contribution in [0.3, 0.4) is 0 Å². The lowest BCUT2D eigenvalue weighted by atomic mass is 9.79. The number of rotatable bonds is 11. The maximum absolute atomic E-state index is 14.8. The largest absolute Gasteiger partial charge is 0.493 e. The van der Waals surface area contributed by atoms with Crippen molar-refractivity contribution in [2.24, 2.45) is 0 Å². The molecule has 3 aromatic rings. The smallest absolute Gasteiger partial charge is 0.265 e. The van der Waals surface area contributed by atoms with Crippen molar-refractivity contribution in [2.75, 3.05) is 25.1 Å². The number of benzene rings is 3. The fourth-order valence-electron chi connectivity index (χ4n) is 4.33. The van der Waals surface area contributed by atoms with E-state index in [0.29, 0.717) is 12.2 Å². The van der Waals surface area contributed by atoms with Crippen molar-refractivity contribution in [2.45, 2.75) is 43.5 Å². The molecule has 3 rings (SSSR count). The number of carbonyl (C=O) groups excluding carboxylic acids is 1. The molecule has 1 unspecified atom stereocenters. The number of halogens is 1. The first-order chi connectivity index (χ1) is 17.5. The highest BCUT2D eigenvalue weighted by atomic mass is 32.2. The Morgan fingerprint density at radius 1 is 0.973 bits per heavy atom. The predicted octanol–water partition coefficient (Wildman–Crippen LogP) is 4.91. The Labute approximate surface area is 218 Å². The number of ether oxygens (including phenoxy) is 2. The van der Waals surface area contributed by atoms with Crippen LogP contribution in [-0.4, -0.2) is 41.1 Å². The van der Waals surface area contributed by atoms with Crippen LogP contribution in [0.5, 0.6) is 11.5 Å². The first-order valence-corrected chi connectivity index (χ1v) is 13.3. The van der Waals surface area contributed by atoms with Crippen LogP contribution >= 0.6 is 0 Å². The summed E-state index contributed by atoms with van der Waals surface area (Å²) in [6.45, 7) is 5.42. The highest BCUT2D eigenvalue weighted by Crippen LogP contribution is 2.33. The van der Waals surface area contributed by atoms with E-state index in [1.54, 1.807) is 0 Å². The lowest BCUT2D eigenvalue weighted by Gasteiger charge is -2.30. The number of hydrogen-bond acceptors (Lipinski definition) is 5. The summed E-state index contributed by atoms with van der Waals surface area (Å²) in [6, 6.07) is 19.2. The molecule has 198 valence electrons. The number of amides is 1. The number of carbonyl (C=O) groups is 1. The van der Waals surface area contributed by atoms with Gasteiger partial charge in [0, 0.05) is 12.1 Å². The van der Waals surface area contributed by atoms with Crippen molar-refractivity contribution >= 4 is 21.6 Å². The van der Waals surface area contributed by atoms with Crippen LogP contribution in [0, 0.1) is 5.82 Å². The minimum Gasteiger partial charge on any atom is -0.493 e. The molecule has 0 radical (unpaired) electrons. The molecule has 0 aliphatic carbocycles. The highest BCUT2D eigenvalue weighted by Gasteiger charge is 2.31. The zero-order chi connectivity index (χ0) is 27.2. The summed E-state index contributed by atoms with van der Waals surface area (Å²) >= 11 is 0. The van der Waals surface area contributed by atoms with Gasteiger partial charge in [0.25, 0.3) is 10.0 Å². The van der Waals surface area contributed by atoms with Gasteiger partial charge >= 0.3 is 0 Å². The molecule has 1 N–H and O–H groups in total. The van der Waals surface area contributed by atoms with Gasteiger partial charge in [0.2, 0.25) is 5.91 Å². The van der Waals surface area contributed by atoms with E-state index in [-0.39, 0.29) is 27.8 Å². The van der Waals surface area contributed by atoms with Gasteiger partial charge in [0.15, 0.2) is 11.5 Å². The van der Waals surface area contributed by atoms with Crippen molar-refractivity contribution < 1.29 is 27.1 Å². The molecule has 0 aliphatic rings. The normalized spacial score (nSPS) is 12.5. The van der Waals surface area contributed by atoms with Crippen molar-refractivity contribution in [1.29, 1.82) is 0 Å². The molecule has 7 nitrogen and oxygen atoms in total. The van der Waals surface area contributed by atoms with E-state index in [4.69, 9.17) is 9.47 Å². The summed E-state index contributed by atoms with van der Waals surface area (Å²) in [6.07, 6.45) is 0.616. The van der Waals surface area contributed by atoms with Gasteiger partial charge in [0.05, 0.1) is 24.8 Å². The Hall–Kier alpha value is -3.59. The molecule has 0 aliphatic heterocycles. The van der Waals surface area contributed by atoms with Gasteiger partial charge in [-0.25, -0.2) is 12.8 Å². The quantitative estimate of drug-likeness (QED) is 0.382. The van der Waals surface area contributed by atoms with E-state index in [2.05, 4.69) is 19.2 Å². The molecule has 0 fully saturated rings. The fraction of sp³-hybridized carbons (Fsp3) is 0.321. The van der Waals surface area contributed by atoms with E-state index in [9.17, 15) is 17.6 Å². The number of hydrogen-bond donors (Lipinski definition) is 1. The molecule has 1 amide bonds. The molecule has 1 atom stereocenters. The molecule has 0 bridgehead atoms. The van der Waals surface area contributed by atoms with Crippen molar-refractivity contribution in [3.05, 3.63) is 84.2 Å². The number of methoxy groups -OCH3 is 2. The van der Waals surface area contributed by atoms with E-state index in [1.165, 1.54) is 50.6 Å². The van der Waals surface area contributed by atoms with Crippen LogP contribution in [0.4, 0.5) is 10.1 Å². The van der Waals surface area contributed by atoms with E-state index < -0.39 is 28.3 Å². The van der Waals surface area contributed by atoms with Gasteiger partial charge in [-0.15, -0.1) is 0 Å². The molecule has 9 heteroatoms. The third-order valence-corrected chi connectivity index (χ3v) is 7.89. The standard InChI is InChI=1S/C28H33FN2O5S/c1-20(18-28(2,3)21-11-7-6-8-12-21)30-27(32)19-31(24-14-10-9-13-23(24)29)37(33,34)22-15-16-25(35-4)26(17-22)36-5/h6-17,20H,18-19H2,1-5H3,(H,30,32). The van der Waals surface area contributed by atoms with Gasteiger partial charge in [0.1, 0.15) is 12.4 Å². The molecule has 0 saturated carbocycles. The average molecular weight is 529 g/mol. The summed E-state index contributed by atoms with van der Waals surface area (Å²) in [5.74, 6) is -0.786. The van der Waals surface area contributed by atoms with Crippen LogP contribution in [0.25, 0.3) is 0 Å². The minimum absolute atomic E-state index is 0.167. The number of nitrogens with one attached hydrogen (secondary N) is 1. The maximum atomic E-state index is 14.8. The van der Waals surface area contributed by atoms with Gasteiger partial charge in [-0.2, -0.15) is 0 Å². The lowest BCUT2D eigenvalue weighted by molar-refractivity contribution is -0.120. The Kier molecular flexibility index (Phi) is 8.81. The Balaban J connectivity index is 1.87.